The highest BCUT2D eigenvalue weighted by atomic mass is 32.2. The lowest BCUT2D eigenvalue weighted by atomic mass is 10.1. The largest absolute Gasteiger partial charge is 0.417 e. The average Bonchev–Trinajstić information content (AvgIpc) is 3.26. The third-order valence-corrected chi connectivity index (χ3v) is 5.20. The van der Waals surface area contributed by atoms with Crippen molar-refractivity contribution in [1.82, 2.24) is 24.6 Å². The minimum atomic E-state index is -1.70. The van der Waals surface area contributed by atoms with Crippen molar-refractivity contribution in [2.24, 2.45) is 0 Å². The molecule has 0 aliphatic carbocycles. The van der Waals surface area contributed by atoms with Gasteiger partial charge in [0.05, 0.1) is 25.0 Å². The first-order valence-electron chi connectivity index (χ1n) is 9.01. The number of fused-ring (bicyclic) bond motifs is 1. The summed E-state index contributed by atoms with van der Waals surface area (Å²) in [4.78, 5) is 25.9. The van der Waals surface area contributed by atoms with Gasteiger partial charge in [-0.05, 0) is 20.0 Å². The van der Waals surface area contributed by atoms with Crippen molar-refractivity contribution in [2.45, 2.75) is 19.5 Å². The van der Waals surface area contributed by atoms with Gasteiger partial charge in [-0.1, -0.05) is 0 Å². The SMILES string of the molecule is CNS(=O)Nc1nccc(CN2C(=O)Oc3cc(Oc4ncco4)cnc3[C@H]2C)c1F. The van der Waals surface area contributed by atoms with E-state index in [1.165, 1.54) is 48.9 Å². The zero-order valence-corrected chi connectivity index (χ0v) is 17.2. The number of aromatic nitrogens is 3. The van der Waals surface area contributed by atoms with Crippen LogP contribution >= 0.6 is 0 Å². The Morgan fingerprint density at radius 1 is 1.32 bits per heavy atom. The second-order valence-electron chi connectivity index (χ2n) is 6.33. The van der Waals surface area contributed by atoms with E-state index < -0.39 is 29.1 Å². The van der Waals surface area contributed by atoms with Crippen LogP contribution in [0.2, 0.25) is 0 Å². The second-order valence-corrected chi connectivity index (χ2v) is 7.48. The monoisotopic (exact) mass is 448 g/mol. The van der Waals surface area contributed by atoms with Gasteiger partial charge in [0.15, 0.2) is 34.3 Å². The molecule has 0 saturated heterocycles. The molecule has 0 spiro atoms. The van der Waals surface area contributed by atoms with Gasteiger partial charge in [-0.25, -0.2) is 23.1 Å². The van der Waals surface area contributed by atoms with Gasteiger partial charge in [-0.2, -0.15) is 4.98 Å². The molecule has 13 heteroatoms. The Bertz CT molecular complexity index is 1130. The topological polar surface area (TPSA) is 132 Å². The fraction of sp³-hybridized carbons (Fsp3) is 0.222. The van der Waals surface area contributed by atoms with Gasteiger partial charge in [0.25, 0.3) is 0 Å². The number of anilines is 1. The highest BCUT2D eigenvalue weighted by Gasteiger charge is 2.34. The number of amides is 1. The lowest BCUT2D eigenvalue weighted by Gasteiger charge is -2.33. The number of nitrogens with zero attached hydrogens (tertiary/aromatic N) is 4. The van der Waals surface area contributed by atoms with Crippen molar-refractivity contribution < 1.29 is 27.3 Å². The molecule has 2 N–H and O–H groups in total. The molecule has 4 rings (SSSR count). The minimum absolute atomic E-state index is 0.0235. The number of carbonyl (C=O) groups is 1. The van der Waals surface area contributed by atoms with E-state index in [2.05, 4.69) is 24.4 Å². The molecule has 0 bridgehead atoms. The van der Waals surface area contributed by atoms with Crippen LogP contribution in [0.15, 0.2) is 41.4 Å². The molecular formula is C18H17FN6O5S. The van der Waals surface area contributed by atoms with Gasteiger partial charge in [0.2, 0.25) is 0 Å². The molecule has 1 unspecified atom stereocenters. The molecule has 0 saturated carbocycles. The van der Waals surface area contributed by atoms with Crippen LogP contribution in [0.25, 0.3) is 0 Å². The molecule has 162 valence electrons. The summed E-state index contributed by atoms with van der Waals surface area (Å²) >= 11 is -1.70. The van der Waals surface area contributed by atoms with Gasteiger partial charge in [0, 0.05) is 17.8 Å². The quantitative estimate of drug-likeness (QED) is 0.564. The number of hydrogen-bond acceptors (Lipinski definition) is 8. The molecule has 3 aromatic rings. The number of oxazole rings is 1. The third kappa shape index (κ3) is 4.32. The number of nitrogens with one attached hydrogen (secondary N) is 2. The first kappa shape index (κ1) is 20.7. The lowest BCUT2D eigenvalue weighted by Crippen LogP contribution is -2.40. The van der Waals surface area contributed by atoms with Gasteiger partial charge in [-0.3, -0.25) is 14.6 Å². The Kier molecular flexibility index (Phi) is 5.77. The van der Waals surface area contributed by atoms with E-state index in [0.717, 1.165) is 0 Å². The summed E-state index contributed by atoms with van der Waals surface area (Å²) in [6.07, 6.45) is 4.92. The first-order chi connectivity index (χ1) is 15.0. The van der Waals surface area contributed by atoms with Crippen LogP contribution in [-0.2, 0) is 17.7 Å². The van der Waals surface area contributed by atoms with Crippen molar-refractivity contribution in [3.63, 3.8) is 0 Å². The van der Waals surface area contributed by atoms with Crippen LogP contribution in [-0.4, -0.2) is 37.2 Å². The third-order valence-electron chi connectivity index (χ3n) is 4.45. The van der Waals surface area contributed by atoms with Crippen molar-refractivity contribution in [2.75, 3.05) is 11.8 Å². The molecule has 4 heterocycles. The number of pyridine rings is 2. The predicted octanol–water partition coefficient (Wildman–Crippen LogP) is 2.68. The Hall–Kier alpha value is -3.58. The molecule has 0 radical (unpaired) electrons. The van der Waals surface area contributed by atoms with E-state index in [9.17, 15) is 13.4 Å². The van der Waals surface area contributed by atoms with Gasteiger partial charge < -0.3 is 13.9 Å². The Balaban J connectivity index is 1.55. The van der Waals surface area contributed by atoms with Crippen molar-refractivity contribution >= 4 is 23.1 Å². The maximum Gasteiger partial charge on any atom is 0.416 e. The number of carbonyl (C=O) groups excluding carboxylic acids is 1. The summed E-state index contributed by atoms with van der Waals surface area (Å²) in [5.41, 5.74) is 0.644. The summed E-state index contributed by atoms with van der Waals surface area (Å²) in [5.74, 6) is -0.419. The maximum atomic E-state index is 14.8. The van der Waals surface area contributed by atoms with Crippen molar-refractivity contribution in [3.8, 4) is 17.6 Å². The van der Waals surface area contributed by atoms with E-state index in [1.807, 2.05) is 0 Å². The van der Waals surface area contributed by atoms with E-state index in [1.54, 1.807) is 6.92 Å². The first-order valence-corrected chi connectivity index (χ1v) is 10.2. The van der Waals surface area contributed by atoms with Gasteiger partial charge in [-0.15, -0.1) is 0 Å². The van der Waals surface area contributed by atoms with Gasteiger partial charge in [0.1, 0.15) is 12.0 Å². The highest BCUT2D eigenvalue weighted by Crippen LogP contribution is 2.37. The zero-order valence-electron chi connectivity index (χ0n) is 16.4. The number of rotatable bonds is 7. The standard InChI is InChI=1S/C18H17FN6O5S/c1-10-15-13(7-12(8-23-15)29-17-22-5-6-28-17)30-18(26)25(10)9-11-3-4-21-16(14(11)19)24-31(27)20-2/h3-8,10,20H,9H2,1-2H3,(H,21,24)/t10-,31?/m1/s1. The molecule has 3 aromatic heterocycles. The maximum absolute atomic E-state index is 14.8. The summed E-state index contributed by atoms with van der Waals surface area (Å²) in [7, 11) is 1.45. The molecule has 0 aromatic carbocycles. The number of ether oxygens (including phenoxy) is 2. The lowest BCUT2D eigenvalue weighted by molar-refractivity contribution is 0.114. The fourth-order valence-electron chi connectivity index (χ4n) is 2.91. The highest BCUT2D eigenvalue weighted by molar-refractivity contribution is 7.84. The smallest absolute Gasteiger partial charge is 0.416 e. The molecule has 1 amide bonds. The summed E-state index contributed by atoms with van der Waals surface area (Å²) in [5, 5.41) is 0. The molecule has 2 atom stereocenters. The Morgan fingerprint density at radius 3 is 2.90 bits per heavy atom. The molecule has 1 aliphatic heterocycles. The fourth-order valence-corrected chi connectivity index (χ4v) is 3.33. The Labute approximate surface area is 178 Å². The number of halogens is 1. The van der Waals surface area contributed by atoms with Crippen molar-refractivity contribution in [3.05, 3.63) is 54.1 Å². The Morgan fingerprint density at radius 2 is 2.16 bits per heavy atom. The summed E-state index contributed by atoms with van der Waals surface area (Å²) in [6, 6.07) is 2.42. The number of hydrogen-bond donors (Lipinski definition) is 2. The second kappa shape index (κ2) is 8.65. The zero-order chi connectivity index (χ0) is 22.0. The van der Waals surface area contributed by atoms with Crippen LogP contribution in [0.5, 0.6) is 17.6 Å². The molecular weight excluding hydrogens is 431 g/mol. The summed E-state index contributed by atoms with van der Waals surface area (Å²) in [6.45, 7) is 1.64. The normalized spacial score (nSPS) is 16.4. The summed E-state index contributed by atoms with van der Waals surface area (Å²) < 4.78 is 47.0. The van der Waals surface area contributed by atoms with E-state index in [4.69, 9.17) is 13.9 Å². The molecule has 1 aliphatic rings. The average molecular weight is 448 g/mol. The van der Waals surface area contributed by atoms with E-state index >= 15 is 0 Å². The van der Waals surface area contributed by atoms with Crippen LogP contribution in [0, 0.1) is 5.82 Å². The van der Waals surface area contributed by atoms with Gasteiger partial charge >= 0.3 is 12.2 Å². The molecule has 0 fully saturated rings. The molecule has 11 nitrogen and oxygen atoms in total. The van der Waals surface area contributed by atoms with E-state index in [-0.39, 0.29) is 35.5 Å². The van der Waals surface area contributed by atoms with E-state index in [0.29, 0.717) is 5.69 Å². The molecule has 31 heavy (non-hydrogen) atoms. The van der Waals surface area contributed by atoms with Crippen LogP contribution < -0.4 is 18.9 Å². The van der Waals surface area contributed by atoms with Crippen LogP contribution in [0.3, 0.4) is 0 Å². The van der Waals surface area contributed by atoms with Crippen LogP contribution in [0.4, 0.5) is 15.0 Å². The van der Waals surface area contributed by atoms with Crippen molar-refractivity contribution in [1.29, 1.82) is 0 Å². The minimum Gasteiger partial charge on any atom is -0.417 e. The van der Waals surface area contributed by atoms with Crippen LogP contribution in [0.1, 0.15) is 24.2 Å². The predicted molar refractivity (Wildman–Crippen MR) is 106 cm³/mol.